The Labute approximate surface area is 169 Å². The van der Waals surface area contributed by atoms with E-state index in [0.29, 0.717) is 6.54 Å². The minimum Gasteiger partial charge on any atom is -0.469 e. The number of nitrogens with zero attached hydrogens (tertiary/aromatic N) is 1. The van der Waals surface area contributed by atoms with E-state index >= 15 is 0 Å². The van der Waals surface area contributed by atoms with Crippen molar-refractivity contribution in [3.05, 3.63) is 0 Å². The highest BCUT2D eigenvalue weighted by atomic mass is 19.4. The molecular weight excluding hydrogens is 391 g/mol. The predicted octanol–water partition coefficient (Wildman–Crippen LogP) is 1.86. The number of amides is 2. The Morgan fingerprint density at radius 1 is 1.24 bits per heavy atom. The quantitative estimate of drug-likeness (QED) is 0.553. The van der Waals surface area contributed by atoms with Gasteiger partial charge in [-0.15, -0.1) is 0 Å². The van der Waals surface area contributed by atoms with Crippen LogP contribution >= 0.6 is 0 Å². The van der Waals surface area contributed by atoms with Crippen LogP contribution in [0.2, 0.25) is 0 Å². The molecule has 0 aromatic rings. The van der Waals surface area contributed by atoms with E-state index in [1.165, 1.54) is 12.0 Å². The summed E-state index contributed by atoms with van der Waals surface area (Å²) in [6, 6.07) is -2.41. The summed E-state index contributed by atoms with van der Waals surface area (Å²) in [6.45, 7) is 6.02. The number of rotatable bonds is 9. The number of carbonyl (C=O) groups excluding carboxylic acids is 3. The van der Waals surface area contributed by atoms with Crippen LogP contribution in [0.4, 0.5) is 13.2 Å². The Morgan fingerprint density at radius 3 is 2.41 bits per heavy atom. The molecule has 1 aliphatic heterocycles. The fourth-order valence-corrected chi connectivity index (χ4v) is 3.51. The van der Waals surface area contributed by atoms with Gasteiger partial charge in [-0.1, -0.05) is 13.8 Å². The van der Waals surface area contributed by atoms with Crippen LogP contribution in [0, 0.1) is 11.8 Å². The molecule has 2 N–H and O–H groups in total. The number of nitrogens with one attached hydrogen (secondary N) is 2. The lowest BCUT2D eigenvalue weighted by molar-refractivity contribution is -0.198. The topological polar surface area (TPSA) is 87.7 Å². The van der Waals surface area contributed by atoms with Crippen molar-refractivity contribution < 1.29 is 32.3 Å². The second-order valence-electron chi connectivity index (χ2n) is 7.63. The Hall–Kier alpha value is -1.84. The predicted molar refractivity (Wildman–Crippen MR) is 101 cm³/mol. The molecular formula is C19H32F3N3O4. The summed E-state index contributed by atoms with van der Waals surface area (Å²) in [4.78, 5) is 37.1. The number of likely N-dealkylation sites (N-methyl/N-ethyl adjacent to an activating group) is 1. The van der Waals surface area contributed by atoms with Crippen LogP contribution in [-0.2, 0) is 19.1 Å². The molecule has 2 amide bonds. The van der Waals surface area contributed by atoms with Crippen LogP contribution in [0.5, 0.6) is 0 Å². The van der Waals surface area contributed by atoms with Crippen LogP contribution in [0.25, 0.3) is 0 Å². The fraction of sp³-hybridized carbons (Fsp3) is 0.842. The number of methoxy groups -OCH3 is 1. The molecule has 168 valence electrons. The normalized spacial score (nSPS) is 21.5. The van der Waals surface area contributed by atoms with E-state index in [1.807, 2.05) is 0 Å². The first-order valence-corrected chi connectivity index (χ1v) is 9.96. The molecule has 3 atom stereocenters. The van der Waals surface area contributed by atoms with Crippen LogP contribution in [0.3, 0.4) is 0 Å². The summed E-state index contributed by atoms with van der Waals surface area (Å²) in [6.07, 6.45) is -4.27. The van der Waals surface area contributed by atoms with Gasteiger partial charge in [0.1, 0.15) is 12.1 Å². The molecule has 1 saturated heterocycles. The van der Waals surface area contributed by atoms with Gasteiger partial charge >= 0.3 is 12.1 Å². The number of likely N-dealkylation sites (tertiary alicyclic amines) is 1. The van der Waals surface area contributed by atoms with Gasteiger partial charge in [0.05, 0.1) is 13.0 Å². The maximum Gasteiger partial charge on any atom is 0.404 e. The fourth-order valence-electron chi connectivity index (χ4n) is 3.51. The summed E-state index contributed by atoms with van der Waals surface area (Å²) in [7, 11) is 1.17. The summed E-state index contributed by atoms with van der Waals surface area (Å²) < 4.78 is 44.8. The molecule has 1 fully saturated rings. The summed E-state index contributed by atoms with van der Waals surface area (Å²) in [5.41, 5.74) is 0. The minimum atomic E-state index is -4.46. The Balaban J connectivity index is 2.59. The van der Waals surface area contributed by atoms with Crippen LogP contribution in [0.1, 0.15) is 46.5 Å². The second-order valence-corrected chi connectivity index (χ2v) is 7.63. The molecule has 0 saturated carbocycles. The van der Waals surface area contributed by atoms with E-state index in [1.54, 1.807) is 20.8 Å². The molecule has 10 heteroatoms. The Bertz CT molecular complexity index is 569. The van der Waals surface area contributed by atoms with Crippen molar-refractivity contribution in [1.82, 2.24) is 15.5 Å². The van der Waals surface area contributed by atoms with Crippen LogP contribution < -0.4 is 10.6 Å². The molecule has 0 spiro atoms. The summed E-state index contributed by atoms with van der Waals surface area (Å²) in [5, 5.41) is 5.31. The van der Waals surface area contributed by atoms with E-state index in [0.717, 1.165) is 0 Å². The van der Waals surface area contributed by atoms with Gasteiger partial charge in [0.15, 0.2) is 0 Å². The van der Waals surface area contributed by atoms with Crippen LogP contribution in [-0.4, -0.2) is 67.7 Å². The Kier molecular flexibility index (Phi) is 9.88. The molecule has 0 radical (unpaired) electrons. The van der Waals surface area contributed by atoms with E-state index in [9.17, 15) is 27.6 Å². The number of hydrogen-bond acceptors (Lipinski definition) is 5. The first-order valence-electron chi connectivity index (χ1n) is 9.96. The standard InChI is InChI=1S/C19H32F3N3O4/c1-5-23-17(27)16(12(2)3)24-15(26)7-6-9-25-10-8-13(18(28)29-4)11-14(25)19(20,21)22/h12-14,16H,5-11H2,1-4H3,(H,23,27)(H,24,26)/t13?,14?,16-/m0/s1. The van der Waals surface area contributed by atoms with Crippen molar-refractivity contribution in [3.63, 3.8) is 0 Å². The van der Waals surface area contributed by atoms with E-state index in [-0.39, 0.29) is 56.5 Å². The molecule has 0 bridgehead atoms. The first-order chi connectivity index (χ1) is 13.5. The zero-order chi connectivity index (χ0) is 22.2. The lowest BCUT2D eigenvalue weighted by Crippen LogP contribution is -2.52. The third-order valence-corrected chi connectivity index (χ3v) is 5.09. The van der Waals surface area contributed by atoms with E-state index in [4.69, 9.17) is 0 Å². The molecule has 1 rings (SSSR count). The van der Waals surface area contributed by atoms with Gasteiger partial charge < -0.3 is 15.4 Å². The molecule has 2 unspecified atom stereocenters. The number of carbonyl (C=O) groups is 3. The molecule has 7 nitrogen and oxygen atoms in total. The van der Waals surface area contributed by atoms with Gasteiger partial charge in [-0.3, -0.25) is 19.3 Å². The zero-order valence-electron chi connectivity index (χ0n) is 17.5. The molecule has 1 aliphatic rings. The van der Waals surface area contributed by atoms with Gasteiger partial charge in [0, 0.05) is 13.0 Å². The van der Waals surface area contributed by atoms with Gasteiger partial charge in [-0.05, 0) is 45.2 Å². The SMILES string of the molecule is CCNC(=O)[C@@H](NC(=O)CCCN1CCC(C(=O)OC)CC1C(F)(F)F)C(C)C. The largest absolute Gasteiger partial charge is 0.469 e. The summed E-state index contributed by atoms with van der Waals surface area (Å²) >= 11 is 0. The average Bonchev–Trinajstić information content (AvgIpc) is 2.64. The van der Waals surface area contributed by atoms with Gasteiger partial charge in [0.25, 0.3) is 0 Å². The second kappa shape index (κ2) is 11.4. The maximum atomic E-state index is 13.4. The molecule has 29 heavy (non-hydrogen) atoms. The molecule has 1 heterocycles. The Morgan fingerprint density at radius 2 is 1.90 bits per heavy atom. The van der Waals surface area contributed by atoms with Crippen molar-refractivity contribution in [1.29, 1.82) is 0 Å². The smallest absolute Gasteiger partial charge is 0.404 e. The highest BCUT2D eigenvalue weighted by Gasteiger charge is 2.47. The third-order valence-electron chi connectivity index (χ3n) is 5.09. The van der Waals surface area contributed by atoms with Crippen molar-refractivity contribution in [2.24, 2.45) is 11.8 Å². The zero-order valence-corrected chi connectivity index (χ0v) is 17.5. The first kappa shape index (κ1) is 25.2. The average molecular weight is 423 g/mol. The number of piperidine rings is 1. The lowest BCUT2D eigenvalue weighted by Gasteiger charge is -2.39. The monoisotopic (exact) mass is 423 g/mol. The highest BCUT2D eigenvalue weighted by Crippen LogP contribution is 2.35. The van der Waals surface area contributed by atoms with Crippen molar-refractivity contribution in [2.45, 2.75) is 64.7 Å². The van der Waals surface area contributed by atoms with Gasteiger partial charge in [-0.25, -0.2) is 0 Å². The van der Waals surface area contributed by atoms with Crippen molar-refractivity contribution >= 4 is 17.8 Å². The van der Waals surface area contributed by atoms with Gasteiger partial charge in [0.2, 0.25) is 11.8 Å². The van der Waals surface area contributed by atoms with Crippen LogP contribution in [0.15, 0.2) is 0 Å². The minimum absolute atomic E-state index is 0.0180. The lowest BCUT2D eigenvalue weighted by atomic mass is 9.90. The van der Waals surface area contributed by atoms with Crippen molar-refractivity contribution in [3.8, 4) is 0 Å². The van der Waals surface area contributed by atoms with E-state index < -0.39 is 30.1 Å². The molecule has 0 aromatic heterocycles. The number of esters is 1. The molecule has 0 aromatic carbocycles. The maximum absolute atomic E-state index is 13.4. The van der Waals surface area contributed by atoms with E-state index in [2.05, 4.69) is 15.4 Å². The molecule has 0 aliphatic carbocycles. The number of hydrogen-bond donors (Lipinski definition) is 2. The number of halogens is 3. The van der Waals surface area contributed by atoms with Gasteiger partial charge in [-0.2, -0.15) is 13.2 Å². The number of ether oxygens (including phenoxy) is 1. The highest BCUT2D eigenvalue weighted by molar-refractivity contribution is 5.87. The number of alkyl halides is 3. The third kappa shape index (κ3) is 7.83. The summed E-state index contributed by atoms with van der Waals surface area (Å²) in [5.74, 6) is -2.16. The van der Waals surface area contributed by atoms with Crippen molar-refractivity contribution in [2.75, 3.05) is 26.7 Å².